The zero-order chi connectivity index (χ0) is 12.3. The van der Waals surface area contributed by atoms with Crippen LogP contribution >= 0.6 is 11.6 Å². The van der Waals surface area contributed by atoms with Crippen LogP contribution < -0.4 is 5.73 Å². The molecule has 2 rings (SSSR count). The summed E-state index contributed by atoms with van der Waals surface area (Å²) in [6.07, 6.45) is 3.37. The van der Waals surface area contributed by atoms with Crippen LogP contribution in [0.1, 0.15) is 0 Å². The van der Waals surface area contributed by atoms with Gasteiger partial charge in [-0.3, -0.25) is 0 Å². The molecule has 6 heteroatoms. The van der Waals surface area contributed by atoms with Crippen molar-refractivity contribution >= 4 is 23.1 Å². The molecule has 0 aliphatic carbocycles. The molecule has 0 fully saturated rings. The Hall–Kier alpha value is -1.88. The summed E-state index contributed by atoms with van der Waals surface area (Å²) in [5.74, 6) is -0.0672. The van der Waals surface area contributed by atoms with E-state index in [0.717, 1.165) is 0 Å². The van der Waals surface area contributed by atoms with Gasteiger partial charge >= 0.3 is 0 Å². The smallest absolute Gasteiger partial charge is 0.125 e. The normalized spacial score (nSPS) is 11.8. The van der Waals surface area contributed by atoms with Gasteiger partial charge in [0.1, 0.15) is 11.7 Å². The van der Waals surface area contributed by atoms with Gasteiger partial charge in [-0.2, -0.15) is 5.10 Å². The third-order valence-electron chi connectivity index (χ3n) is 2.09. The van der Waals surface area contributed by atoms with Gasteiger partial charge in [-0.1, -0.05) is 0 Å². The molecule has 0 radical (unpaired) electrons. The van der Waals surface area contributed by atoms with Crippen LogP contribution in [-0.2, 0) is 0 Å². The summed E-state index contributed by atoms with van der Waals surface area (Å²) in [6, 6.07) is 5.98. The predicted molar refractivity (Wildman–Crippen MR) is 65.5 cm³/mol. The Morgan fingerprint density at radius 3 is 3.00 bits per heavy atom. The van der Waals surface area contributed by atoms with Gasteiger partial charge in [-0.15, -0.1) is 11.6 Å². The lowest BCUT2D eigenvalue weighted by Crippen LogP contribution is -2.12. The number of benzene rings is 1. The summed E-state index contributed by atoms with van der Waals surface area (Å²) in [6.45, 7) is 0. The number of aromatic nitrogens is 2. The lowest BCUT2D eigenvalue weighted by molar-refractivity contribution is 0.627. The van der Waals surface area contributed by atoms with E-state index in [0.29, 0.717) is 11.4 Å². The summed E-state index contributed by atoms with van der Waals surface area (Å²) in [5.41, 5.74) is 6.58. The van der Waals surface area contributed by atoms with E-state index in [2.05, 4.69) is 10.1 Å². The fourth-order valence-corrected chi connectivity index (χ4v) is 1.44. The number of hydrogen-bond donors (Lipinski definition) is 1. The van der Waals surface area contributed by atoms with E-state index in [1.807, 2.05) is 0 Å². The number of alkyl halides is 1. The van der Waals surface area contributed by atoms with Crippen molar-refractivity contribution in [1.82, 2.24) is 9.78 Å². The predicted octanol–water partition coefficient (Wildman–Crippen LogP) is 2.24. The zero-order valence-electron chi connectivity index (χ0n) is 8.85. The molecule has 1 aromatic heterocycles. The lowest BCUT2D eigenvalue weighted by atomic mass is 10.2. The third kappa shape index (κ3) is 2.62. The molecule has 2 aromatic rings. The van der Waals surface area contributed by atoms with Crippen LogP contribution in [0, 0.1) is 5.82 Å². The zero-order valence-corrected chi connectivity index (χ0v) is 9.60. The number of amidine groups is 1. The van der Waals surface area contributed by atoms with Gasteiger partial charge in [-0.05, 0) is 18.2 Å². The van der Waals surface area contributed by atoms with Crippen molar-refractivity contribution in [1.29, 1.82) is 0 Å². The highest BCUT2D eigenvalue weighted by Crippen LogP contribution is 2.23. The van der Waals surface area contributed by atoms with Crippen molar-refractivity contribution in [3.8, 4) is 5.69 Å². The summed E-state index contributed by atoms with van der Waals surface area (Å²) in [5, 5.41) is 4.06. The van der Waals surface area contributed by atoms with Crippen molar-refractivity contribution in [3.63, 3.8) is 0 Å². The molecule has 0 atom stereocenters. The molecule has 4 nitrogen and oxygen atoms in total. The molecule has 2 N–H and O–H groups in total. The molecular weight excluding hydrogens is 243 g/mol. The van der Waals surface area contributed by atoms with Crippen LogP contribution in [0.3, 0.4) is 0 Å². The molecule has 88 valence electrons. The van der Waals surface area contributed by atoms with Gasteiger partial charge in [0.25, 0.3) is 0 Å². The second kappa shape index (κ2) is 4.97. The van der Waals surface area contributed by atoms with E-state index in [1.165, 1.54) is 12.1 Å². The lowest BCUT2D eigenvalue weighted by Gasteiger charge is -2.06. The summed E-state index contributed by atoms with van der Waals surface area (Å²) in [7, 11) is 0. The summed E-state index contributed by atoms with van der Waals surface area (Å²) < 4.78 is 14.8. The molecule has 0 aliphatic heterocycles. The second-order valence-corrected chi connectivity index (χ2v) is 3.59. The Labute approximate surface area is 103 Å². The largest absolute Gasteiger partial charge is 0.386 e. The van der Waals surface area contributed by atoms with Gasteiger partial charge in [0.2, 0.25) is 0 Å². The number of hydrogen-bond acceptors (Lipinski definition) is 2. The van der Waals surface area contributed by atoms with Gasteiger partial charge in [0, 0.05) is 18.5 Å². The monoisotopic (exact) mass is 252 g/mol. The number of halogens is 2. The molecule has 0 saturated carbocycles. The van der Waals surface area contributed by atoms with E-state index in [9.17, 15) is 4.39 Å². The maximum Gasteiger partial charge on any atom is 0.125 e. The number of rotatable bonds is 3. The highest BCUT2D eigenvalue weighted by Gasteiger charge is 2.06. The Bertz CT molecular complexity index is 536. The van der Waals surface area contributed by atoms with Crippen molar-refractivity contribution in [2.24, 2.45) is 10.7 Å². The first-order chi connectivity index (χ1) is 8.20. The van der Waals surface area contributed by atoms with Crippen LogP contribution in [0.25, 0.3) is 5.69 Å². The Balaban J connectivity index is 2.52. The third-order valence-corrected chi connectivity index (χ3v) is 2.36. The Morgan fingerprint density at radius 1 is 1.53 bits per heavy atom. The number of nitrogens with two attached hydrogens (primary N) is 1. The number of aliphatic imine (C=N–C) groups is 1. The molecular formula is C11H10ClFN4. The van der Waals surface area contributed by atoms with Crippen LogP contribution in [0.15, 0.2) is 41.7 Å². The molecule has 0 unspecified atom stereocenters. The van der Waals surface area contributed by atoms with Gasteiger partial charge in [0.05, 0.1) is 17.3 Å². The average Bonchev–Trinajstić information content (AvgIpc) is 2.82. The SMILES string of the molecule is NC(CCl)=Nc1cc(F)ccc1-n1cccn1. The van der Waals surface area contributed by atoms with E-state index in [-0.39, 0.29) is 17.5 Å². The van der Waals surface area contributed by atoms with Crippen LogP contribution in [0.5, 0.6) is 0 Å². The molecule has 0 spiro atoms. The Kier molecular flexibility index (Phi) is 3.39. The Morgan fingerprint density at radius 2 is 2.35 bits per heavy atom. The second-order valence-electron chi connectivity index (χ2n) is 3.32. The van der Waals surface area contributed by atoms with Crippen molar-refractivity contribution in [2.45, 2.75) is 0 Å². The molecule has 1 aromatic carbocycles. The van der Waals surface area contributed by atoms with E-state index in [1.54, 1.807) is 29.2 Å². The van der Waals surface area contributed by atoms with Crippen molar-refractivity contribution in [3.05, 3.63) is 42.5 Å². The minimum absolute atomic E-state index is 0.0923. The van der Waals surface area contributed by atoms with E-state index < -0.39 is 0 Å². The molecule has 1 heterocycles. The first kappa shape index (κ1) is 11.6. The summed E-state index contributed by atoms with van der Waals surface area (Å²) in [4.78, 5) is 4.06. The standard InChI is InChI=1S/C11H10ClFN4/c12-7-11(14)16-9-6-8(13)2-3-10(9)17-5-1-4-15-17/h1-6H,7H2,(H2,14,16). The van der Waals surface area contributed by atoms with Gasteiger partial charge < -0.3 is 5.73 Å². The van der Waals surface area contributed by atoms with Crippen LogP contribution in [0.4, 0.5) is 10.1 Å². The fraction of sp³-hybridized carbons (Fsp3) is 0.0909. The number of nitrogens with zero attached hydrogens (tertiary/aromatic N) is 3. The highest BCUT2D eigenvalue weighted by atomic mass is 35.5. The first-order valence-corrected chi connectivity index (χ1v) is 5.42. The summed E-state index contributed by atoms with van der Waals surface area (Å²) >= 11 is 5.55. The van der Waals surface area contributed by atoms with E-state index >= 15 is 0 Å². The first-order valence-electron chi connectivity index (χ1n) is 4.89. The maximum absolute atomic E-state index is 13.2. The maximum atomic E-state index is 13.2. The topological polar surface area (TPSA) is 56.2 Å². The fourth-order valence-electron chi connectivity index (χ4n) is 1.38. The minimum atomic E-state index is -0.387. The van der Waals surface area contributed by atoms with Crippen molar-refractivity contribution in [2.75, 3.05) is 5.88 Å². The van der Waals surface area contributed by atoms with Gasteiger partial charge in [0.15, 0.2) is 0 Å². The van der Waals surface area contributed by atoms with Crippen molar-refractivity contribution < 1.29 is 4.39 Å². The van der Waals surface area contributed by atoms with Gasteiger partial charge in [-0.25, -0.2) is 14.1 Å². The average molecular weight is 253 g/mol. The molecule has 0 saturated heterocycles. The van der Waals surface area contributed by atoms with E-state index in [4.69, 9.17) is 17.3 Å². The molecule has 0 bridgehead atoms. The highest BCUT2D eigenvalue weighted by molar-refractivity contribution is 6.28. The molecule has 0 aliphatic rings. The van der Waals surface area contributed by atoms with Crippen LogP contribution in [-0.4, -0.2) is 21.5 Å². The van der Waals surface area contributed by atoms with Crippen LogP contribution in [0.2, 0.25) is 0 Å². The minimum Gasteiger partial charge on any atom is -0.386 e. The molecule has 17 heavy (non-hydrogen) atoms. The quantitative estimate of drug-likeness (QED) is 0.517. The molecule has 0 amide bonds.